The maximum atomic E-state index is 14.4. The topological polar surface area (TPSA) is 64.7 Å². The largest absolute Gasteiger partial charge is 0.491 e. The fourth-order valence-electron chi connectivity index (χ4n) is 2.55. The van der Waals surface area contributed by atoms with E-state index in [1.165, 1.54) is 6.07 Å². The predicted octanol–water partition coefficient (Wildman–Crippen LogP) is 2.81. The third-order valence-electron chi connectivity index (χ3n) is 3.87. The van der Waals surface area contributed by atoms with E-state index in [9.17, 15) is 8.78 Å². The first kappa shape index (κ1) is 17.6. The maximum absolute atomic E-state index is 14.4. The maximum Gasteiger partial charge on any atom is 0.292 e. The van der Waals surface area contributed by atoms with Gasteiger partial charge in [0, 0.05) is 16.6 Å². The van der Waals surface area contributed by atoms with Gasteiger partial charge in [0.05, 0.1) is 6.61 Å². The molecule has 1 aliphatic heterocycles. The molecule has 2 rings (SSSR count). The summed E-state index contributed by atoms with van der Waals surface area (Å²) in [4.78, 5) is 0. The summed E-state index contributed by atoms with van der Waals surface area (Å²) in [6.45, 7) is -0.186. The predicted molar refractivity (Wildman–Crippen MR) is 82.2 cm³/mol. The lowest BCUT2D eigenvalue weighted by molar-refractivity contribution is -0.118. The van der Waals surface area contributed by atoms with E-state index in [1.54, 1.807) is 12.1 Å². The third kappa shape index (κ3) is 3.59. The van der Waals surface area contributed by atoms with Crippen LogP contribution in [0.25, 0.3) is 0 Å². The molecule has 1 atom stereocenters. The second-order valence-corrected chi connectivity index (χ2v) is 6.31. The van der Waals surface area contributed by atoms with Crippen molar-refractivity contribution in [1.29, 1.82) is 0 Å². The Morgan fingerprint density at radius 2 is 2.05 bits per heavy atom. The Labute approximate surface area is 136 Å². The number of alkyl halides is 2. The first-order valence-electron chi connectivity index (χ1n) is 7.19. The lowest BCUT2D eigenvalue weighted by Gasteiger charge is -2.37. The van der Waals surface area contributed by atoms with Crippen molar-refractivity contribution >= 4 is 15.9 Å². The number of ether oxygens (including phenoxy) is 2. The minimum atomic E-state index is -3.46. The summed E-state index contributed by atoms with van der Waals surface area (Å²) in [6.07, 6.45) is 1.12. The van der Waals surface area contributed by atoms with Gasteiger partial charge in [0.1, 0.15) is 24.5 Å². The molecule has 1 aliphatic rings. The Hall–Kier alpha value is -0.760. The SMILES string of the molecule is N[C@]1(C(F)(F)CO)CCCCOCCOc2ccc(Br)cc21. The zero-order chi connectivity index (χ0) is 16.2. The summed E-state index contributed by atoms with van der Waals surface area (Å²) in [6, 6.07) is 4.85. The van der Waals surface area contributed by atoms with Gasteiger partial charge in [-0.1, -0.05) is 15.9 Å². The van der Waals surface area contributed by atoms with Gasteiger partial charge in [0.2, 0.25) is 0 Å². The van der Waals surface area contributed by atoms with Crippen molar-refractivity contribution in [3.8, 4) is 5.75 Å². The van der Waals surface area contributed by atoms with Crippen LogP contribution in [0.2, 0.25) is 0 Å². The number of aliphatic hydroxyl groups excluding tert-OH is 1. The first-order chi connectivity index (χ1) is 10.4. The van der Waals surface area contributed by atoms with E-state index in [4.69, 9.17) is 20.3 Å². The first-order valence-corrected chi connectivity index (χ1v) is 7.98. The molecule has 0 bridgehead atoms. The normalized spacial score (nSPS) is 24.0. The van der Waals surface area contributed by atoms with E-state index in [1.807, 2.05) is 0 Å². The molecule has 0 saturated heterocycles. The van der Waals surface area contributed by atoms with Crippen LogP contribution in [0, 0.1) is 0 Å². The molecule has 3 N–H and O–H groups in total. The number of nitrogens with two attached hydrogens (primary N) is 1. The number of rotatable bonds is 2. The fraction of sp³-hybridized carbons (Fsp3) is 0.600. The monoisotopic (exact) mass is 379 g/mol. The van der Waals surface area contributed by atoms with Gasteiger partial charge in [-0.3, -0.25) is 0 Å². The Kier molecular flexibility index (Phi) is 5.76. The summed E-state index contributed by atoms with van der Waals surface area (Å²) in [5.41, 5.74) is 4.32. The molecule has 1 heterocycles. The average molecular weight is 380 g/mol. The van der Waals surface area contributed by atoms with Crippen LogP contribution in [0.15, 0.2) is 22.7 Å². The molecule has 0 aromatic heterocycles. The highest BCUT2D eigenvalue weighted by Gasteiger charge is 2.52. The van der Waals surface area contributed by atoms with Gasteiger partial charge < -0.3 is 20.3 Å². The van der Waals surface area contributed by atoms with Gasteiger partial charge in [-0.2, -0.15) is 0 Å². The average Bonchev–Trinajstić information content (AvgIpc) is 2.53. The molecule has 0 amide bonds. The Bertz CT molecular complexity index is 516. The van der Waals surface area contributed by atoms with Crippen LogP contribution in [0.5, 0.6) is 5.75 Å². The van der Waals surface area contributed by atoms with Gasteiger partial charge in [-0.25, -0.2) is 8.78 Å². The van der Waals surface area contributed by atoms with Gasteiger partial charge in [0.25, 0.3) is 5.92 Å². The lowest BCUT2D eigenvalue weighted by atomic mass is 9.80. The second kappa shape index (κ2) is 7.21. The molecule has 124 valence electrons. The molecule has 1 aromatic carbocycles. The fourth-order valence-corrected chi connectivity index (χ4v) is 2.91. The van der Waals surface area contributed by atoms with Crippen LogP contribution in [0.4, 0.5) is 8.78 Å². The molecule has 4 nitrogen and oxygen atoms in total. The number of aliphatic hydroxyl groups is 1. The van der Waals surface area contributed by atoms with E-state index in [2.05, 4.69) is 15.9 Å². The van der Waals surface area contributed by atoms with Crippen LogP contribution in [-0.4, -0.2) is 37.5 Å². The molecule has 0 spiro atoms. The summed E-state index contributed by atoms with van der Waals surface area (Å²) in [7, 11) is 0. The van der Waals surface area contributed by atoms with Crippen molar-refractivity contribution < 1.29 is 23.4 Å². The van der Waals surface area contributed by atoms with E-state index in [-0.39, 0.29) is 18.6 Å². The molecular weight excluding hydrogens is 360 g/mol. The van der Waals surface area contributed by atoms with Gasteiger partial charge in [0.15, 0.2) is 0 Å². The van der Waals surface area contributed by atoms with Crippen molar-refractivity contribution in [3.63, 3.8) is 0 Å². The zero-order valence-corrected chi connectivity index (χ0v) is 13.7. The van der Waals surface area contributed by atoms with Crippen molar-refractivity contribution in [2.75, 3.05) is 26.4 Å². The number of hydrogen-bond acceptors (Lipinski definition) is 4. The van der Waals surface area contributed by atoms with Crippen molar-refractivity contribution in [1.82, 2.24) is 0 Å². The summed E-state index contributed by atoms with van der Waals surface area (Å²) < 4.78 is 40.4. The van der Waals surface area contributed by atoms with Crippen LogP contribution < -0.4 is 10.5 Å². The lowest BCUT2D eigenvalue weighted by Crippen LogP contribution is -2.55. The van der Waals surface area contributed by atoms with Gasteiger partial charge >= 0.3 is 0 Å². The highest BCUT2D eigenvalue weighted by atomic mass is 79.9. The number of fused-ring (bicyclic) bond motifs is 1. The van der Waals surface area contributed by atoms with E-state index < -0.39 is 18.1 Å². The molecular formula is C15H20BrF2NO3. The van der Waals surface area contributed by atoms with Crippen molar-refractivity contribution in [2.24, 2.45) is 5.73 Å². The van der Waals surface area contributed by atoms with Crippen LogP contribution in [0.3, 0.4) is 0 Å². The van der Waals surface area contributed by atoms with E-state index in [0.29, 0.717) is 36.3 Å². The van der Waals surface area contributed by atoms with Crippen LogP contribution >= 0.6 is 15.9 Å². The van der Waals surface area contributed by atoms with Crippen molar-refractivity contribution in [3.05, 3.63) is 28.2 Å². The van der Waals surface area contributed by atoms with Crippen molar-refractivity contribution in [2.45, 2.75) is 30.7 Å². The quantitative estimate of drug-likeness (QED) is 0.828. The second-order valence-electron chi connectivity index (χ2n) is 5.39. The highest BCUT2D eigenvalue weighted by molar-refractivity contribution is 9.10. The standard InChI is InChI=1S/C15H20BrF2NO3/c16-11-3-4-13-12(9-11)14(19,15(17,18)10-20)5-1-2-6-21-7-8-22-13/h3-4,9,20H,1-2,5-8,10,19H2/t14-/m1/s1. The third-order valence-corrected chi connectivity index (χ3v) is 4.36. The Balaban J connectivity index is 2.51. The molecule has 22 heavy (non-hydrogen) atoms. The molecule has 0 radical (unpaired) electrons. The Morgan fingerprint density at radius 1 is 1.27 bits per heavy atom. The summed E-state index contributed by atoms with van der Waals surface area (Å²) in [5, 5.41) is 9.14. The molecule has 0 unspecified atom stereocenters. The summed E-state index contributed by atoms with van der Waals surface area (Å²) in [5.74, 6) is -3.16. The van der Waals surface area contributed by atoms with E-state index >= 15 is 0 Å². The molecule has 1 aromatic rings. The summed E-state index contributed by atoms with van der Waals surface area (Å²) >= 11 is 3.28. The van der Waals surface area contributed by atoms with Crippen LogP contribution in [-0.2, 0) is 10.3 Å². The molecule has 0 aliphatic carbocycles. The zero-order valence-electron chi connectivity index (χ0n) is 12.2. The highest BCUT2D eigenvalue weighted by Crippen LogP contribution is 2.44. The van der Waals surface area contributed by atoms with E-state index in [0.717, 1.165) is 0 Å². The molecule has 7 heteroatoms. The minimum absolute atomic E-state index is 0.0245. The number of benzene rings is 1. The minimum Gasteiger partial charge on any atom is -0.491 e. The molecule has 0 saturated carbocycles. The number of hydrogen-bond donors (Lipinski definition) is 2. The van der Waals surface area contributed by atoms with Gasteiger partial charge in [-0.05, 0) is 37.5 Å². The Morgan fingerprint density at radius 3 is 2.77 bits per heavy atom. The molecule has 0 fully saturated rings. The van der Waals surface area contributed by atoms with Gasteiger partial charge in [-0.15, -0.1) is 0 Å². The van der Waals surface area contributed by atoms with Crippen LogP contribution in [0.1, 0.15) is 24.8 Å². The number of halogens is 3. The smallest absolute Gasteiger partial charge is 0.292 e.